The lowest BCUT2D eigenvalue weighted by Crippen LogP contribution is -2.55. The van der Waals surface area contributed by atoms with Crippen molar-refractivity contribution in [2.45, 2.75) is 70.4 Å². The average Bonchev–Trinajstić information content (AvgIpc) is 3.56. The summed E-state index contributed by atoms with van der Waals surface area (Å²) < 4.78 is 6.16. The average molecular weight is 461 g/mol. The number of hydrogen-bond donors (Lipinski definition) is 1. The fourth-order valence-electron chi connectivity index (χ4n) is 6.46. The van der Waals surface area contributed by atoms with E-state index in [2.05, 4.69) is 47.8 Å². The van der Waals surface area contributed by atoms with Crippen LogP contribution in [0.4, 0.5) is 0 Å². The first-order valence-electron chi connectivity index (χ1n) is 12.4. The molecule has 5 heteroatoms. The Hall–Kier alpha value is -2.40. The van der Waals surface area contributed by atoms with E-state index in [1.165, 1.54) is 29.5 Å². The molecule has 1 heterocycles. The van der Waals surface area contributed by atoms with E-state index in [1.807, 2.05) is 18.7 Å². The third kappa shape index (κ3) is 3.15. The predicted octanol–water partition coefficient (Wildman–Crippen LogP) is 4.92. The first-order chi connectivity index (χ1) is 15.9. The molecule has 1 saturated heterocycles. The van der Waals surface area contributed by atoms with Crippen LogP contribution in [-0.4, -0.2) is 28.6 Å². The predicted molar refractivity (Wildman–Crippen MR) is 133 cm³/mol. The summed E-state index contributed by atoms with van der Waals surface area (Å²) in [6, 6.07) is 15.2. The Morgan fingerprint density at radius 2 is 1.79 bits per heavy atom. The maximum atomic E-state index is 14.3. The molecule has 0 radical (unpaired) electrons. The zero-order chi connectivity index (χ0) is 22.8. The number of carbonyl (C=O) groups is 1. The molecule has 33 heavy (non-hydrogen) atoms. The lowest BCUT2D eigenvalue weighted by atomic mass is 9.65. The van der Waals surface area contributed by atoms with Crippen LogP contribution in [0.15, 0.2) is 42.5 Å². The molecule has 4 aliphatic rings. The van der Waals surface area contributed by atoms with Crippen molar-refractivity contribution in [3.63, 3.8) is 0 Å². The summed E-state index contributed by atoms with van der Waals surface area (Å²) in [6.07, 6.45) is 7.31. The molecule has 2 fully saturated rings. The van der Waals surface area contributed by atoms with Crippen molar-refractivity contribution < 1.29 is 9.53 Å². The largest absolute Gasteiger partial charge is 0.493 e. The Kier molecular flexibility index (Phi) is 4.84. The smallest absolute Gasteiger partial charge is 0.259 e. The number of nitrogens with zero attached hydrogens (tertiary/aromatic N) is 1. The highest BCUT2D eigenvalue weighted by Crippen LogP contribution is 2.59. The van der Waals surface area contributed by atoms with Gasteiger partial charge in [0.05, 0.1) is 6.61 Å². The molecular weight excluding hydrogens is 428 g/mol. The van der Waals surface area contributed by atoms with Gasteiger partial charge in [0.15, 0.2) is 10.7 Å². The summed E-state index contributed by atoms with van der Waals surface area (Å²) in [6.45, 7) is 4.86. The molecule has 0 aromatic heterocycles. The molecular formula is C28H32N2O2S. The van der Waals surface area contributed by atoms with Gasteiger partial charge in [-0.15, -0.1) is 0 Å². The van der Waals surface area contributed by atoms with Crippen LogP contribution < -0.4 is 10.1 Å². The molecule has 2 aromatic carbocycles. The monoisotopic (exact) mass is 460 g/mol. The van der Waals surface area contributed by atoms with Gasteiger partial charge in [-0.05, 0) is 111 Å². The number of ether oxygens (including phenoxy) is 1. The van der Waals surface area contributed by atoms with Crippen LogP contribution in [0.5, 0.6) is 5.75 Å². The highest BCUT2D eigenvalue weighted by Gasteiger charge is 2.67. The summed E-state index contributed by atoms with van der Waals surface area (Å²) in [5.74, 6) is 1.68. The van der Waals surface area contributed by atoms with Crippen molar-refractivity contribution in [1.29, 1.82) is 0 Å². The standard InChI is InChI=1S/C28H32N2O2S/c1-18(2)30-25(31)28(29-26(30)33)24-15-23(32-17-19-7-8-19)10-9-22(24)16-27(28)13-11-20-5-3-4-6-21(20)12-14-27/h3-6,9-10,15,18-19H,7-8,11-14,16-17H2,1-2H3,(H,29,33). The lowest BCUT2D eigenvalue weighted by molar-refractivity contribution is -0.137. The fourth-order valence-corrected chi connectivity index (χ4v) is 6.90. The van der Waals surface area contributed by atoms with Gasteiger partial charge in [0.2, 0.25) is 0 Å². The summed E-state index contributed by atoms with van der Waals surface area (Å²) >= 11 is 5.78. The van der Waals surface area contributed by atoms with Crippen LogP contribution in [0, 0.1) is 11.3 Å². The number of nitrogens with one attached hydrogen (secondary N) is 1. The summed E-state index contributed by atoms with van der Waals surface area (Å²) in [5.41, 5.74) is 4.15. The van der Waals surface area contributed by atoms with Crippen LogP contribution in [0.25, 0.3) is 0 Å². The molecule has 1 atom stereocenters. The Morgan fingerprint density at radius 1 is 1.09 bits per heavy atom. The minimum atomic E-state index is -0.815. The van der Waals surface area contributed by atoms with Crippen molar-refractivity contribution in [3.05, 3.63) is 64.7 Å². The van der Waals surface area contributed by atoms with Crippen molar-refractivity contribution in [1.82, 2.24) is 10.2 Å². The Labute approximate surface area is 201 Å². The summed E-state index contributed by atoms with van der Waals surface area (Å²) in [5, 5.41) is 4.20. The zero-order valence-corrected chi connectivity index (χ0v) is 20.3. The number of carbonyl (C=O) groups excluding carboxylic acids is 1. The summed E-state index contributed by atoms with van der Waals surface area (Å²) in [7, 11) is 0. The number of thiocarbonyl (C=S) groups is 1. The quantitative estimate of drug-likeness (QED) is 0.658. The van der Waals surface area contributed by atoms with E-state index in [1.54, 1.807) is 0 Å². The SMILES string of the molecule is CC(C)N1C(=O)C2(NC1=S)c1cc(OCC3CC3)ccc1CC21CCc2ccccc2CC1. The van der Waals surface area contributed by atoms with Crippen LogP contribution in [-0.2, 0) is 29.6 Å². The third-order valence-corrected chi connectivity index (χ3v) is 8.72. The molecule has 172 valence electrons. The number of fused-ring (bicyclic) bond motifs is 4. The zero-order valence-electron chi connectivity index (χ0n) is 19.5. The number of hydrogen-bond acceptors (Lipinski definition) is 3. The van der Waals surface area contributed by atoms with Crippen LogP contribution in [0.1, 0.15) is 61.8 Å². The topological polar surface area (TPSA) is 41.6 Å². The van der Waals surface area contributed by atoms with Crippen LogP contribution >= 0.6 is 12.2 Å². The Morgan fingerprint density at radius 3 is 2.39 bits per heavy atom. The van der Waals surface area contributed by atoms with Crippen molar-refractivity contribution in [2.24, 2.45) is 11.3 Å². The Bertz CT molecular complexity index is 1110. The van der Waals surface area contributed by atoms with E-state index in [0.717, 1.165) is 50.0 Å². The molecule has 1 amide bonds. The molecule has 2 spiro atoms. The van der Waals surface area contributed by atoms with Gasteiger partial charge in [0, 0.05) is 11.5 Å². The first-order valence-corrected chi connectivity index (χ1v) is 12.8. The minimum absolute atomic E-state index is 0.0234. The highest BCUT2D eigenvalue weighted by atomic mass is 32.1. The second-order valence-electron chi connectivity index (χ2n) is 10.7. The fraction of sp³-hybridized carbons (Fsp3) is 0.500. The van der Waals surface area contributed by atoms with Crippen molar-refractivity contribution in [3.8, 4) is 5.75 Å². The van der Waals surface area contributed by atoms with Gasteiger partial charge in [0.1, 0.15) is 5.75 Å². The first kappa shape index (κ1) is 21.2. The Balaban J connectivity index is 1.46. The van der Waals surface area contributed by atoms with Gasteiger partial charge in [0.25, 0.3) is 5.91 Å². The third-order valence-electron chi connectivity index (χ3n) is 8.43. The number of aryl methyl sites for hydroxylation is 2. The van der Waals surface area contributed by atoms with Gasteiger partial charge >= 0.3 is 0 Å². The molecule has 1 N–H and O–H groups in total. The maximum Gasteiger partial charge on any atom is 0.259 e. The molecule has 2 aromatic rings. The van der Waals surface area contributed by atoms with Gasteiger partial charge in [-0.2, -0.15) is 0 Å². The number of benzene rings is 2. The normalized spacial score (nSPS) is 25.4. The van der Waals surface area contributed by atoms with Gasteiger partial charge in [-0.25, -0.2) is 0 Å². The molecule has 6 rings (SSSR count). The van der Waals surface area contributed by atoms with Gasteiger partial charge in [-0.1, -0.05) is 30.3 Å². The van der Waals surface area contributed by atoms with E-state index in [-0.39, 0.29) is 17.4 Å². The van der Waals surface area contributed by atoms with Gasteiger partial charge < -0.3 is 10.1 Å². The lowest BCUT2D eigenvalue weighted by Gasteiger charge is -2.42. The second-order valence-corrected chi connectivity index (χ2v) is 11.1. The van der Waals surface area contributed by atoms with Crippen LogP contribution in [0.3, 0.4) is 0 Å². The maximum absolute atomic E-state index is 14.3. The van der Waals surface area contributed by atoms with E-state index in [0.29, 0.717) is 11.0 Å². The molecule has 1 unspecified atom stereocenters. The summed E-state index contributed by atoms with van der Waals surface area (Å²) in [4.78, 5) is 16.1. The highest BCUT2D eigenvalue weighted by molar-refractivity contribution is 7.80. The number of amides is 1. The second kappa shape index (κ2) is 7.56. The number of rotatable bonds is 4. The molecule has 1 saturated carbocycles. The van der Waals surface area contributed by atoms with E-state index in [9.17, 15) is 4.79 Å². The van der Waals surface area contributed by atoms with E-state index >= 15 is 0 Å². The minimum Gasteiger partial charge on any atom is -0.493 e. The molecule has 3 aliphatic carbocycles. The van der Waals surface area contributed by atoms with Gasteiger partial charge in [-0.3, -0.25) is 9.69 Å². The molecule has 4 nitrogen and oxygen atoms in total. The van der Waals surface area contributed by atoms with Crippen molar-refractivity contribution >= 4 is 23.2 Å². The molecule has 0 bridgehead atoms. The van der Waals surface area contributed by atoms with E-state index < -0.39 is 5.54 Å². The van der Waals surface area contributed by atoms with Crippen LogP contribution in [0.2, 0.25) is 0 Å². The molecule has 1 aliphatic heterocycles. The van der Waals surface area contributed by atoms with Crippen molar-refractivity contribution in [2.75, 3.05) is 6.61 Å². The van der Waals surface area contributed by atoms with E-state index in [4.69, 9.17) is 17.0 Å².